The Labute approximate surface area is 142 Å². The summed E-state index contributed by atoms with van der Waals surface area (Å²) in [6, 6.07) is 18.3. The van der Waals surface area contributed by atoms with Gasteiger partial charge in [0.1, 0.15) is 5.75 Å². The first-order chi connectivity index (χ1) is 11.9. The molecule has 0 aliphatic rings. The lowest BCUT2D eigenvalue weighted by Gasteiger charge is -2.11. The zero-order chi connectivity index (χ0) is 16.6. The van der Waals surface area contributed by atoms with Gasteiger partial charge in [-0.1, -0.05) is 36.4 Å². The highest BCUT2D eigenvalue weighted by Crippen LogP contribution is 2.27. The van der Waals surface area contributed by atoms with Crippen molar-refractivity contribution in [3.05, 3.63) is 71.9 Å². The molecule has 0 radical (unpaired) electrons. The van der Waals surface area contributed by atoms with Crippen molar-refractivity contribution in [2.45, 2.75) is 32.3 Å². The van der Waals surface area contributed by atoms with Crippen LogP contribution in [-0.4, -0.2) is 16.7 Å². The molecule has 0 bridgehead atoms. The third kappa shape index (κ3) is 4.12. The topological polar surface area (TPSA) is 42.4 Å². The number of aliphatic hydroxyl groups excluding tert-OH is 1. The summed E-state index contributed by atoms with van der Waals surface area (Å²) in [4.78, 5) is 4.36. The minimum atomic E-state index is -0.00667. The van der Waals surface area contributed by atoms with E-state index >= 15 is 0 Å². The van der Waals surface area contributed by atoms with Gasteiger partial charge < -0.3 is 9.84 Å². The molecule has 0 fully saturated rings. The van der Waals surface area contributed by atoms with Crippen LogP contribution in [0.3, 0.4) is 0 Å². The number of ether oxygens (including phenoxy) is 1. The van der Waals surface area contributed by atoms with Crippen LogP contribution in [0.15, 0.2) is 60.8 Å². The average Bonchev–Trinajstić information content (AvgIpc) is 2.65. The maximum Gasteiger partial charge on any atom is 0.128 e. The summed E-state index contributed by atoms with van der Waals surface area (Å²) >= 11 is 0. The number of unbranched alkanes of at least 4 members (excludes halogenated alkanes) is 2. The Kier molecular flexibility index (Phi) is 5.80. The van der Waals surface area contributed by atoms with Crippen LogP contribution in [0.2, 0.25) is 0 Å². The van der Waals surface area contributed by atoms with E-state index < -0.39 is 0 Å². The third-order valence-electron chi connectivity index (χ3n) is 4.19. The van der Waals surface area contributed by atoms with Gasteiger partial charge in [-0.05, 0) is 49.4 Å². The van der Waals surface area contributed by atoms with Crippen molar-refractivity contribution in [2.24, 2.45) is 0 Å². The number of nitrogens with zero attached hydrogens (tertiary/aromatic N) is 1. The van der Waals surface area contributed by atoms with Gasteiger partial charge in [0.05, 0.1) is 18.7 Å². The molecule has 0 spiro atoms. The normalized spacial score (nSPS) is 10.9. The van der Waals surface area contributed by atoms with Gasteiger partial charge in [0.25, 0.3) is 0 Å². The lowest BCUT2D eigenvalue weighted by atomic mass is 10.1. The monoisotopic (exact) mass is 321 g/mol. The van der Waals surface area contributed by atoms with E-state index in [2.05, 4.69) is 35.3 Å². The number of rotatable bonds is 8. The molecule has 0 atom stereocenters. The number of aryl methyl sites for hydroxylation is 1. The van der Waals surface area contributed by atoms with Crippen LogP contribution in [0.1, 0.15) is 30.4 Å². The molecular formula is C21H23NO2. The van der Waals surface area contributed by atoms with Crippen molar-refractivity contribution in [1.29, 1.82) is 0 Å². The first-order valence-corrected chi connectivity index (χ1v) is 8.52. The minimum Gasteiger partial charge on any atom is -0.493 e. The van der Waals surface area contributed by atoms with Gasteiger partial charge in [0.15, 0.2) is 0 Å². The smallest absolute Gasteiger partial charge is 0.128 e. The van der Waals surface area contributed by atoms with Crippen molar-refractivity contribution < 1.29 is 9.84 Å². The molecular weight excluding hydrogens is 298 g/mol. The van der Waals surface area contributed by atoms with Gasteiger partial charge in [-0.15, -0.1) is 0 Å². The Balaban J connectivity index is 1.49. The number of hydrogen-bond donors (Lipinski definition) is 1. The second-order valence-corrected chi connectivity index (χ2v) is 5.93. The fourth-order valence-corrected chi connectivity index (χ4v) is 2.89. The van der Waals surface area contributed by atoms with Gasteiger partial charge in [0.2, 0.25) is 0 Å². The van der Waals surface area contributed by atoms with Gasteiger partial charge in [-0.2, -0.15) is 0 Å². The van der Waals surface area contributed by atoms with E-state index in [0.29, 0.717) is 6.61 Å². The predicted molar refractivity (Wildman–Crippen MR) is 97.2 cm³/mol. The van der Waals surface area contributed by atoms with Crippen LogP contribution in [0.5, 0.6) is 5.75 Å². The Morgan fingerprint density at radius 2 is 1.75 bits per heavy atom. The maximum atomic E-state index is 9.41. The second kappa shape index (κ2) is 8.46. The molecule has 3 heteroatoms. The van der Waals surface area contributed by atoms with Crippen molar-refractivity contribution in [3.8, 4) is 5.75 Å². The number of fused-ring (bicyclic) bond motifs is 1. The van der Waals surface area contributed by atoms with Crippen LogP contribution in [-0.2, 0) is 13.0 Å². The second-order valence-electron chi connectivity index (χ2n) is 5.93. The molecule has 0 aliphatic carbocycles. The van der Waals surface area contributed by atoms with E-state index in [1.54, 1.807) is 6.20 Å². The summed E-state index contributed by atoms with van der Waals surface area (Å²) in [5, 5.41) is 10.4. The summed E-state index contributed by atoms with van der Waals surface area (Å²) in [5.41, 5.74) is 3.05. The van der Waals surface area contributed by atoms with E-state index in [4.69, 9.17) is 4.74 Å². The van der Waals surface area contributed by atoms with E-state index in [9.17, 15) is 5.11 Å². The van der Waals surface area contributed by atoms with Crippen LogP contribution in [0.25, 0.3) is 10.9 Å². The van der Waals surface area contributed by atoms with Gasteiger partial charge in [-0.3, -0.25) is 4.98 Å². The van der Waals surface area contributed by atoms with Gasteiger partial charge in [0, 0.05) is 17.1 Å². The van der Waals surface area contributed by atoms with Crippen molar-refractivity contribution in [1.82, 2.24) is 4.98 Å². The first kappa shape index (κ1) is 16.5. The molecule has 1 N–H and O–H groups in total. The molecule has 0 amide bonds. The standard InChI is InChI=1S/C21H23NO2/c23-16-18-12-13-20(19-11-7-14-22-21(18)19)24-15-6-2-5-10-17-8-3-1-4-9-17/h1,3-4,7-9,11-14,23H,2,5-6,10,15-16H2. The number of aliphatic hydroxyl groups is 1. The molecule has 3 rings (SSSR count). The maximum absolute atomic E-state index is 9.41. The molecule has 0 saturated carbocycles. The number of pyridine rings is 1. The highest BCUT2D eigenvalue weighted by Gasteiger charge is 2.07. The molecule has 1 aromatic heterocycles. The number of aromatic nitrogens is 1. The quantitative estimate of drug-likeness (QED) is 0.620. The van der Waals surface area contributed by atoms with E-state index in [1.807, 2.05) is 24.3 Å². The minimum absolute atomic E-state index is 0.00667. The average molecular weight is 321 g/mol. The van der Waals surface area contributed by atoms with Crippen LogP contribution in [0.4, 0.5) is 0 Å². The lowest BCUT2D eigenvalue weighted by Crippen LogP contribution is -2.00. The summed E-state index contributed by atoms with van der Waals surface area (Å²) in [7, 11) is 0. The van der Waals surface area contributed by atoms with Gasteiger partial charge >= 0.3 is 0 Å². The van der Waals surface area contributed by atoms with E-state index in [1.165, 1.54) is 12.0 Å². The Morgan fingerprint density at radius 1 is 0.875 bits per heavy atom. The van der Waals surface area contributed by atoms with Crippen molar-refractivity contribution in [3.63, 3.8) is 0 Å². The fourth-order valence-electron chi connectivity index (χ4n) is 2.89. The zero-order valence-electron chi connectivity index (χ0n) is 13.8. The summed E-state index contributed by atoms with van der Waals surface area (Å²) in [5.74, 6) is 0.846. The number of hydrogen-bond acceptors (Lipinski definition) is 3. The molecule has 0 saturated heterocycles. The molecule has 2 aromatic carbocycles. The summed E-state index contributed by atoms with van der Waals surface area (Å²) < 4.78 is 5.95. The Morgan fingerprint density at radius 3 is 2.58 bits per heavy atom. The molecule has 1 heterocycles. The van der Waals surface area contributed by atoms with E-state index in [0.717, 1.165) is 41.5 Å². The Hall–Kier alpha value is -2.39. The lowest BCUT2D eigenvalue weighted by molar-refractivity contribution is 0.282. The molecule has 124 valence electrons. The van der Waals surface area contributed by atoms with Crippen molar-refractivity contribution >= 4 is 10.9 Å². The summed E-state index contributed by atoms with van der Waals surface area (Å²) in [6.07, 6.45) is 6.24. The van der Waals surface area contributed by atoms with Crippen molar-refractivity contribution in [2.75, 3.05) is 6.61 Å². The Bertz CT molecular complexity index is 771. The van der Waals surface area contributed by atoms with Crippen LogP contribution in [0, 0.1) is 0 Å². The number of benzene rings is 2. The van der Waals surface area contributed by atoms with E-state index in [-0.39, 0.29) is 6.61 Å². The highest BCUT2D eigenvalue weighted by atomic mass is 16.5. The van der Waals surface area contributed by atoms with Crippen LogP contribution >= 0.6 is 0 Å². The fraction of sp³-hybridized carbons (Fsp3) is 0.286. The first-order valence-electron chi connectivity index (χ1n) is 8.52. The van der Waals surface area contributed by atoms with Crippen LogP contribution < -0.4 is 4.74 Å². The SMILES string of the molecule is OCc1ccc(OCCCCCc2ccccc2)c2cccnc12. The van der Waals surface area contributed by atoms with Gasteiger partial charge in [-0.25, -0.2) is 0 Å². The third-order valence-corrected chi connectivity index (χ3v) is 4.19. The largest absolute Gasteiger partial charge is 0.493 e. The zero-order valence-corrected chi connectivity index (χ0v) is 13.8. The summed E-state index contributed by atoms with van der Waals surface area (Å²) in [6.45, 7) is 0.699. The molecule has 3 nitrogen and oxygen atoms in total. The molecule has 24 heavy (non-hydrogen) atoms. The molecule has 3 aromatic rings. The molecule has 0 unspecified atom stereocenters. The predicted octanol–water partition coefficient (Wildman–Crippen LogP) is 4.52. The molecule has 0 aliphatic heterocycles. The highest BCUT2D eigenvalue weighted by molar-refractivity contribution is 5.87.